The zero-order valence-electron chi connectivity index (χ0n) is 10.1. The summed E-state index contributed by atoms with van der Waals surface area (Å²) in [4.78, 5) is 0.227. The van der Waals surface area contributed by atoms with Crippen LogP contribution < -0.4 is 4.72 Å². The largest absolute Gasteiger partial charge is 0.280 e. The molecule has 1 heterocycles. The van der Waals surface area contributed by atoms with Crippen LogP contribution in [0.3, 0.4) is 0 Å². The highest BCUT2D eigenvalue weighted by atomic mass is 32.2. The normalized spacial score (nSPS) is 11.4. The van der Waals surface area contributed by atoms with Crippen molar-refractivity contribution in [3.63, 3.8) is 0 Å². The van der Waals surface area contributed by atoms with Gasteiger partial charge in [0.05, 0.1) is 4.90 Å². The maximum absolute atomic E-state index is 12.0. The van der Waals surface area contributed by atoms with Crippen molar-refractivity contribution < 1.29 is 8.42 Å². The third-order valence-electron chi connectivity index (χ3n) is 2.44. The van der Waals surface area contributed by atoms with E-state index in [1.54, 1.807) is 36.4 Å². The Morgan fingerprint density at radius 3 is 2.67 bits per heavy atom. The van der Waals surface area contributed by atoms with E-state index in [9.17, 15) is 8.42 Å². The summed E-state index contributed by atoms with van der Waals surface area (Å²) in [5.41, 5.74) is 0.920. The van der Waals surface area contributed by atoms with Crippen molar-refractivity contribution >= 4 is 15.8 Å². The molecule has 2 aromatic rings. The number of aryl methyl sites for hydroxylation is 1. The first-order valence-corrected chi connectivity index (χ1v) is 7.22. The molecular weight excluding hydrogens is 250 g/mol. The topological polar surface area (TPSA) is 74.8 Å². The van der Waals surface area contributed by atoms with Crippen LogP contribution in [0.2, 0.25) is 0 Å². The Morgan fingerprint density at radius 2 is 2.00 bits per heavy atom. The Balaban J connectivity index is 2.17. The van der Waals surface area contributed by atoms with Crippen molar-refractivity contribution in [2.75, 3.05) is 4.72 Å². The second-order valence-corrected chi connectivity index (χ2v) is 5.63. The molecule has 0 amide bonds. The molecular formula is C12H15N3O2S. The molecule has 0 spiro atoms. The molecule has 0 unspecified atom stereocenters. The first-order chi connectivity index (χ1) is 8.62. The van der Waals surface area contributed by atoms with Gasteiger partial charge in [0, 0.05) is 11.8 Å². The smallest absolute Gasteiger partial charge is 0.263 e. The van der Waals surface area contributed by atoms with Gasteiger partial charge >= 0.3 is 0 Å². The lowest BCUT2D eigenvalue weighted by Crippen LogP contribution is -2.12. The molecule has 0 saturated carbocycles. The number of nitrogens with zero attached hydrogens (tertiary/aromatic N) is 1. The van der Waals surface area contributed by atoms with Gasteiger partial charge in [0.15, 0.2) is 5.82 Å². The van der Waals surface area contributed by atoms with E-state index in [2.05, 4.69) is 21.8 Å². The van der Waals surface area contributed by atoms with Gasteiger partial charge in [0.2, 0.25) is 0 Å². The van der Waals surface area contributed by atoms with Crippen molar-refractivity contribution in [3.8, 4) is 0 Å². The Labute approximate surface area is 106 Å². The fourth-order valence-electron chi connectivity index (χ4n) is 1.61. The molecule has 2 rings (SSSR count). The summed E-state index contributed by atoms with van der Waals surface area (Å²) >= 11 is 0. The Morgan fingerprint density at radius 1 is 1.28 bits per heavy atom. The zero-order chi connectivity index (χ0) is 13.0. The average molecular weight is 265 g/mol. The van der Waals surface area contributed by atoms with Gasteiger partial charge in [-0.05, 0) is 18.6 Å². The number of nitrogens with one attached hydrogen (secondary N) is 2. The molecule has 2 N–H and O–H groups in total. The Bertz CT molecular complexity index is 605. The molecule has 0 bridgehead atoms. The van der Waals surface area contributed by atoms with Crippen molar-refractivity contribution in [2.45, 2.75) is 24.7 Å². The lowest BCUT2D eigenvalue weighted by atomic mass is 10.2. The first kappa shape index (κ1) is 12.6. The SMILES string of the molecule is CCCc1cc(NS(=O)(=O)c2ccccc2)n[nH]1. The van der Waals surface area contributed by atoms with E-state index >= 15 is 0 Å². The molecule has 6 heteroatoms. The average Bonchev–Trinajstić information content (AvgIpc) is 2.77. The minimum atomic E-state index is -3.55. The van der Waals surface area contributed by atoms with E-state index in [-0.39, 0.29) is 4.90 Å². The third kappa shape index (κ3) is 2.89. The highest BCUT2D eigenvalue weighted by Gasteiger charge is 2.14. The van der Waals surface area contributed by atoms with Gasteiger partial charge in [0.1, 0.15) is 0 Å². The number of sulfonamides is 1. The summed E-state index contributed by atoms with van der Waals surface area (Å²) in [6, 6.07) is 9.93. The van der Waals surface area contributed by atoms with Crippen LogP contribution in [0.15, 0.2) is 41.3 Å². The highest BCUT2D eigenvalue weighted by molar-refractivity contribution is 7.92. The monoisotopic (exact) mass is 265 g/mol. The molecule has 0 atom stereocenters. The van der Waals surface area contributed by atoms with Crippen molar-refractivity contribution in [2.24, 2.45) is 0 Å². The van der Waals surface area contributed by atoms with Gasteiger partial charge in [0.25, 0.3) is 10.0 Å². The fraction of sp³-hybridized carbons (Fsp3) is 0.250. The molecule has 1 aromatic heterocycles. The van der Waals surface area contributed by atoms with Crippen LogP contribution >= 0.6 is 0 Å². The molecule has 0 aliphatic rings. The van der Waals surface area contributed by atoms with Crippen molar-refractivity contribution in [3.05, 3.63) is 42.1 Å². The lowest BCUT2D eigenvalue weighted by Gasteiger charge is -2.04. The zero-order valence-corrected chi connectivity index (χ0v) is 10.9. The summed E-state index contributed by atoms with van der Waals surface area (Å²) in [7, 11) is -3.55. The second kappa shape index (κ2) is 5.22. The Kier molecular flexibility index (Phi) is 3.66. The van der Waals surface area contributed by atoms with Gasteiger partial charge in [-0.2, -0.15) is 5.10 Å². The van der Waals surface area contributed by atoms with E-state index in [0.717, 1.165) is 18.5 Å². The minimum Gasteiger partial charge on any atom is -0.280 e. The number of H-pyrrole nitrogens is 1. The summed E-state index contributed by atoms with van der Waals surface area (Å²) < 4.78 is 26.5. The summed E-state index contributed by atoms with van der Waals surface area (Å²) in [5, 5.41) is 6.73. The van der Waals surface area contributed by atoms with Crippen LogP contribution in [0.4, 0.5) is 5.82 Å². The maximum Gasteiger partial charge on any atom is 0.263 e. The summed E-state index contributed by atoms with van der Waals surface area (Å²) in [6.07, 6.45) is 1.83. The molecule has 0 saturated heterocycles. The molecule has 5 nitrogen and oxygen atoms in total. The molecule has 0 radical (unpaired) electrons. The van der Waals surface area contributed by atoms with Crippen LogP contribution in [-0.2, 0) is 16.4 Å². The number of aromatic amines is 1. The number of anilines is 1. The quantitative estimate of drug-likeness (QED) is 0.870. The molecule has 96 valence electrons. The number of rotatable bonds is 5. The molecule has 18 heavy (non-hydrogen) atoms. The fourth-order valence-corrected chi connectivity index (χ4v) is 2.62. The number of hydrogen-bond donors (Lipinski definition) is 2. The van der Waals surface area contributed by atoms with E-state index < -0.39 is 10.0 Å². The summed E-state index contributed by atoms with van der Waals surface area (Å²) in [6.45, 7) is 2.05. The molecule has 0 fully saturated rings. The van der Waals surface area contributed by atoms with Crippen LogP contribution in [-0.4, -0.2) is 18.6 Å². The van der Waals surface area contributed by atoms with Crippen LogP contribution in [0.5, 0.6) is 0 Å². The van der Waals surface area contributed by atoms with E-state index in [0.29, 0.717) is 5.82 Å². The number of benzene rings is 1. The lowest BCUT2D eigenvalue weighted by molar-refractivity contribution is 0.601. The van der Waals surface area contributed by atoms with Crippen LogP contribution in [0, 0.1) is 0 Å². The molecule has 0 aliphatic carbocycles. The Hall–Kier alpha value is -1.82. The standard InChI is InChI=1S/C12H15N3O2S/c1-2-6-10-9-12(14-13-10)15-18(16,17)11-7-4-3-5-8-11/h3-5,7-9H,2,6H2,1H3,(H2,13,14,15). The predicted molar refractivity (Wildman–Crippen MR) is 69.8 cm³/mol. The van der Waals surface area contributed by atoms with Crippen LogP contribution in [0.25, 0.3) is 0 Å². The van der Waals surface area contributed by atoms with E-state index in [1.807, 2.05) is 0 Å². The van der Waals surface area contributed by atoms with Crippen molar-refractivity contribution in [1.29, 1.82) is 0 Å². The van der Waals surface area contributed by atoms with Gasteiger partial charge in [-0.25, -0.2) is 8.42 Å². The van der Waals surface area contributed by atoms with E-state index in [1.165, 1.54) is 0 Å². The second-order valence-electron chi connectivity index (χ2n) is 3.95. The van der Waals surface area contributed by atoms with Crippen LogP contribution in [0.1, 0.15) is 19.0 Å². The number of aromatic nitrogens is 2. The van der Waals surface area contributed by atoms with Gasteiger partial charge in [-0.1, -0.05) is 31.5 Å². The predicted octanol–water partition coefficient (Wildman–Crippen LogP) is 2.16. The summed E-state index contributed by atoms with van der Waals surface area (Å²) in [5.74, 6) is 0.322. The maximum atomic E-state index is 12.0. The first-order valence-electron chi connectivity index (χ1n) is 5.74. The third-order valence-corrected chi connectivity index (χ3v) is 3.81. The van der Waals surface area contributed by atoms with Crippen molar-refractivity contribution in [1.82, 2.24) is 10.2 Å². The minimum absolute atomic E-state index is 0.227. The molecule has 0 aliphatic heterocycles. The van der Waals surface area contributed by atoms with Gasteiger partial charge in [-0.3, -0.25) is 9.82 Å². The molecule has 1 aromatic carbocycles. The van der Waals surface area contributed by atoms with E-state index in [4.69, 9.17) is 0 Å². The van der Waals surface area contributed by atoms with Gasteiger partial charge < -0.3 is 0 Å². The highest BCUT2D eigenvalue weighted by Crippen LogP contribution is 2.14. The van der Waals surface area contributed by atoms with Gasteiger partial charge in [-0.15, -0.1) is 0 Å². The number of hydrogen-bond acceptors (Lipinski definition) is 3.